The predicted octanol–water partition coefficient (Wildman–Crippen LogP) is 2.79. The lowest BCUT2D eigenvalue weighted by atomic mass is 10.0. The second-order valence-electron chi connectivity index (χ2n) is 5.57. The van der Waals surface area contributed by atoms with Crippen molar-refractivity contribution in [1.29, 1.82) is 0 Å². The van der Waals surface area contributed by atoms with Crippen LogP contribution in [0.4, 0.5) is 0 Å². The van der Waals surface area contributed by atoms with Crippen molar-refractivity contribution in [3.8, 4) is 0 Å². The molecule has 2 aromatic rings. The van der Waals surface area contributed by atoms with Crippen molar-refractivity contribution >= 4 is 23.0 Å². The van der Waals surface area contributed by atoms with Gasteiger partial charge in [-0.3, -0.25) is 9.59 Å². The number of ether oxygens (including phenoxy) is 1. The Labute approximate surface area is 139 Å². The lowest BCUT2D eigenvalue weighted by Gasteiger charge is -2.35. The molecule has 0 aliphatic carbocycles. The van der Waals surface area contributed by atoms with Gasteiger partial charge in [-0.15, -0.1) is 11.3 Å². The van der Waals surface area contributed by atoms with Gasteiger partial charge in [-0.1, -0.05) is 36.4 Å². The van der Waals surface area contributed by atoms with E-state index in [1.165, 1.54) is 0 Å². The van der Waals surface area contributed by atoms with E-state index in [2.05, 4.69) is 0 Å². The van der Waals surface area contributed by atoms with Gasteiger partial charge in [-0.05, 0) is 11.4 Å². The summed E-state index contributed by atoms with van der Waals surface area (Å²) in [5.74, 6) is 0.122. The summed E-state index contributed by atoms with van der Waals surface area (Å²) in [7, 11) is 0. The van der Waals surface area contributed by atoms with Gasteiger partial charge in [0.2, 0.25) is 5.91 Å². The minimum absolute atomic E-state index is 0.0509. The average molecular weight is 329 g/mol. The number of hydrogen-bond acceptors (Lipinski definition) is 4. The Morgan fingerprint density at radius 2 is 2.00 bits per heavy atom. The second kappa shape index (κ2) is 7.53. The second-order valence-corrected chi connectivity index (χ2v) is 6.60. The first kappa shape index (κ1) is 15.9. The first-order valence-electron chi connectivity index (χ1n) is 7.72. The van der Waals surface area contributed by atoms with Crippen molar-refractivity contribution < 1.29 is 14.3 Å². The predicted molar refractivity (Wildman–Crippen MR) is 89.7 cm³/mol. The van der Waals surface area contributed by atoms with Gasteiger partial charge in [0.25, 0.3) is 0 Å². The van der Waals surface area contributed by atoms with Crippen molar-refractivity contribution in [1.82, 2.24) is 4.90 Å². The van der Waals surface area contributed by atoms with Crippen molar-refractivity contribution in [3.05, 3.63) is 58.3 Å². The van der Waals surface area contributed by atoms with Crippen molar-refractivity contribution in [3.63, 3.8) is 0 Å². The van der Waals surface area contributed by atoms with E-state index in [0.29, 0.717) is 38.2 Å². The topological polar surface area (TPSA) is 46.6 Å². The van der Waals surface area contributed by atoms with Crippen molar-refractivity contribution in [2.75, 3.05) is 19.8 Å². The van der Waals surface area contributed by atoms with Crippen LogP contribution in [0.25, 0.3) is 0 Å². The molecule has 4 nitrogen and oxygen atoms in total. The molecule has 1 saturated heterocycles. The van der Waals surface area contributed by atoms with Crippen LogP contribution in [0.1, 0.15) is 21.7 Å². The molecule has 1 fully saturated rings. The smallest absolute Gasteiger partial charge is 0.228 e. The molecule has 0 saturated carbocycles. The number of carbonyl (C=O) groups excluding carboxylic acids is 2. The minimum Gasteiger partial charge on any atom is -0.377 e. The standard InChI is InChI=1S/C18H19NO3S/c20-17(14-5-2-1-3-6-14)11-15-13-22-9-8-19(15)18(21)12-16-7-4-10-23-16/h1-7,10,15H,8-9,11-13H2/t15-/m0/s1. The molecule has 1 aromatic carbocycles. The first-order chi connectivity index (χ1) is 11.2. The maximum absolute atomic E-state index is 12.6. The van der Waals surface area contributed by atoms with Crippen LogP contribution < -0.4 is 0 Å². The zero-order chi connectivity index (χ0) is 16.1. The molecule has 3 rings (SSSR count). The number of carbonyl (C=O) groups is 2. The van der Waals surface area contributed by atoms with E-state index in [4.69, 9.17) is 4.74 Å². The Morgan fingerprint density at radius 3 is 2.74 bits per heavy atom. The maximum Gasteiger partial charge on any atom is 0.228 e. The molecule has 120 valence electrons. The summed E-state index contributed by atoms with van der Waals surface area (Å²) in [5.41, 5.74) is 0.684. The zero-order valence-electron chi connectivity index (χ0n) is 12.8. The SMILES string of the molecule is O=C(C[C@H]1COCCN1C(=O)Cc1cccs1)c1ccccc1. The van der Waals surface area contributed by atoms with Crippen molar-refractivity contribution in [2.45, 2.75) is 18.9 Å². The van der Waals surface area contributed by atoms with Crippen LogP contribution in [0, 0.1) is 0 Å². The third-order valence-corrected chi connectivity index (χ3v) is 4.85. The van der Waals surface area contributed by atoms with Crippen LogP contribution in [0.2, 0.25) is 0 Å². The monoisotopic (exact) mass is 329 g/mol. The Morgan fingerprint density at radius 1 is 1.17 bits per heavy atom. The van der Waals surface area contributed by atoms with Gasteiger partial charge >= 0.3 is 0 Å². The Balaban J connectivity index is 1.66. The molecular weight excluding hydrogens is 310 g/mol. The summed E-state index contributed by atoms with van der Waals surface area (Å²) >= 11 is 1.58. The molecule has 0 bridgehead atoms. The fourth-order valence-electron chi connectivity index (χ4n) is 2.77. The number of amides is 1. The molecule has 0 radical (unpaired) electrons. The van der Waals surface area contributed by atoms with Crippen LogP contribution in [0.3, 0.4) is 0 Å². The van der Waals surface area contributed by atoms with Crippen LogP contribution in [0.5, 0.6) is 0 Å². The summed E-state index contributed by atoms with van der Waals surface area (Å²) in [6.45, 7) is 1.51. The van der Waals surface area contributed by atoms with E-state index < -0.39 is 0 Å². The van der Waals surface area contributed by atoms with Gasteiger partial charge in [0.05, 0.1) is 25.7 Å². The summed E-state index contributed by atoms with van der Waals surface area (Å²) in [6, 6.07) is 12.9. The maximum atomic E-state index is 12.6. The Kier molecular flexibility index (Phi) is 5.20. The van der Waals surface area contributed by atoms with Gasteiger partial charge in [-0.25, -0.2) is 0 Å². The number of rotatable bonds is 5. The first-order valence-corrected chi connectivity index (χ1v) is 8.60. The molecule has 0 N–H and O–H groups in total. The fourth-order valence-corrected chi connectivity index (χ4v) is 3.47. The van der Waals surface area contributed by atoms with Gasteiger partial charge in [0, 0.05) is 23.4 Å². The summed E-state index contributed by atoms with van der Waals surface area (Å²) in [6.07, 6.45) is 0.702. The molecule has 1 aliphatic rings. The molecular formula is C18H19NO3S. The van der Waals surface area contributed by atoms with E-state index >= 15 is 0 Å². The summed E-state index contributed by atoms with van der Waals surface area (Å²) in [5, 5.41) is 1.97. The normalized spacial score (nSPS) is 17.9. The fraction of sp³-hybridized carbons (Fsp3) is 0.333. The molecule has 2 heterocycles. The molecule has 1 atom stereocenters. The third-order valence-electron chi connectivity index (χ3n) is 3.97. The van der Waals surface area contributed by atoms with Gasteiger partial charge in [0.15, 0.2) is 5.78 Å². The number of thiophene rings is 1. The highest BCUT2D eigenvalue weighted by atomic mass is 32.1. The molecule has 0 unspecified atom stereocenters. The molecule has 0 spiro atoms. The van der Waals surface area contributed by atoms with E-state index in [0.717, 1.165) is 4.88 Å². The van der Waals surface area contributed by atoms with Crippen LogP contribution in [-0.4, -0.2) is 42.4 Å². The summed E-state index contributed by atoms with van der Waals surface area (Å²) < 4.78 is 5.49. The Hall–Kier alpha value is -1.98. The number of Topliss-reactive ketones (excluding diaryl/α,β-unsaturated/α-hetero) is 1. The number of hydrogen-bond donors (Lipinski definition) is 0. The molecule has 5 heteroatoms. The van der Waals surface area contributed by atoms with Crippen LogP contribution >= 0.6 is 11.3 Å². The molecule has 1 aromatic heterocycles. The number of ketones is 1. The van der Waals surface area contributed by atoms with Crippen LogP contribution in [-0.2, 0) is 16.0 Å². The van der Waals surface area contributed by atoms with E-state index in [9.17, 15) is 9.59 Å². The lowest BCUT2D eigenvalue weighted by molar-refractivity contribution is -0.138. The molecule has 1 aliphatic heterocycles. The third kappa shape index (κ3) is 4.06. The highest BCUT2D eigenvalue weighted by Crippen LogP contribution is 2.17. The quantitative estimate of drug-likeness (QED) is 0.793. The van der Waals surface area contributed by atoms with E-state index in [1.807, 2.05) is 52.7 Å². The highest BCUT2D eigenvalue weighted by Gasteiger charge is 2.29. The number of nitrogens with zero attached hydrogens (tertiary/aromatic N) is 1. The van der Waals surface area contributed by atoms with E-state index in [-0.39, 0.29) is 17.7 Å². The van der Waals surface area contributed by atoms with E-state index in [1.54, 1.807) is 11.3 Å². The van der Waals surface area contributed by atoms with Crippen LogP contribution in [0.15, 0.2) is 47.8 Å². The zero-order valence-corrected chi connectivity index (χ0v) is 13.6. The highest BCUT2D eigenvalue weighted by molar-refractivity contribution is 7.10. The summed E-state index contributed by atoms with van der Waals surface area (Å²) in [4.78, 5) is 27.8. The minimum atomic E-state index is -0.177. The number of morpholine rings is 1. The molecule has 1 amide bonds. The lowest BCUT2D eigenvalue weighted by Crippen LogP contribution is -2.50. The average Bonchev–Trinajstić information content (AvgIpc) is 3.09. The van der Waals surface area contributed by atoms with Crippen molar-refractivity contribution in [2.24, 2.45) is 0 Å². The van der Waals surface area contributed by atoms with Gasteiger partial charge in [0.1, 0.15) is 0 Å². The van der Waals surface area contributed by atoms with Gasteiger partial charge in [-0.2, -0.15) is 0 Å². The van der Waals surface area contributed by atoms with Gasteiger partial charge < -0.3 is 9.64 Å². The largest absolute Gasteiger partial charge is 0.377 e. The number of benzene rings is 1. The molecule has 23 heavy (non-hydrogen) atoms. The Bertz CT molecular complexity index is 654.